The number of rotatable bonds is 8. The summed E-state index contributed by atoms with van der Waals surface area (Å²) in [6, 6.07) is 9.64. The number of nitrogens with one attached hydrogen (secondary N) is 1. The summed E-state index contributed by atoms with van der Waals surface area (Å²) in [7, 11) is -3.71. The molecule has 1 saturated heterocycles. The van der Waals surface area contributed by atoms with Crippen molar-refractivity contribution in [1.82, 2.24) is 29.6 Å². The first-order chi connectivity index (χ1) is 18.2. The Kier molecular flexibility index (Phi) is 7.19. The van der Waals surface area contributed by atoms with Crippen LogP contribution in [0.3, 0.4) is 0 Å². The lowest BCUT2D eigenvalue weighted by molar-refractivity contribution is 0.183. The lowest BCUT2D eigenvalue weighted by Gasteiger charge is -2.32. The second kappa shape index (κ2) is 10.6. The van der Waals surface area contributed by atoms with E-state index in [0.29, 0.717) is 22.6 Å². The highest BCUT2D eigenvalue weighted by molar-refractivity contribution is 7.90. The van der Waals surface area contributed by atoms with Crippen LogP contribution in [0.25, 0.3) is 22.9 Å². The molecule has 1 aliphatic rings. The Morgan fingerprint density at radius 3 is 2.61 bits per heavy atom. The third kappa shape index (κ3) is 5.42. The Balaban J connectivity index is 1.42. The standard InChI is InChI=1S/C24H25F2N7O4S/c1-15(34)31-38(35,36)17-6-9-32(10-7-17)24-19(26)13-27-23(28-24)21-12-22(20-8-11-37-30-20)33(29-21)14-16-4-2-3-5-18(16)25/h2-5,8,11-13,15,17,31,34H,6-7,9-10,14H2,1H3. The van der Waals surface area contributed by atoms with Crippen molar-refractivity contribution in [2.75, 3.05) is 18.0 Å². The van der Waals surface area contributed by atoms with E-state index in [1.54, 1.807) is 39.9 Å². The second-order valence-electron chi connectivity index (χ2n) is 8.94. The summed E-state index contributed by atoms with van der Waals surface area (Å²) in [5.41, 5.74) is 1.73. The van der Waals surface area contributed by atoms with E-state index in [1.165, 1.54) is 19.3 Å². The molecule has 2 N–H and O–H groups in total. The fourth-order valence-electron chi connectivity index (χ4n) is 4.40. The average molecular weight is 546 g/mol. The van der Waals surface area contributed by atoms with Gasteiger partial charge in [0.15, 0.2) is 17.5 Å². The topological polar surface area (TPSA) is 139 Å². The molecule has 14 heteroatoms. The van der Waals surface area contributed by atoms with E-state index in [1.807, 2.05) is 0 Å². The van der Waals surface area contributed by atoms with E-state index in [-0.39, 0.29) is 49.9 Å². The molecule has 4 aromatic rings. The van der Waals surface area contributed by atoms with Crippen molar-refractivity contribution >= 4 is 15.8 Å². The summed E-state index contributed by atoms with van der Waals surface area (Å²) < 4.78 is 62.6. The number of sulfonamides is 1. The van der Waals surface area contributed by atoms with Crippen LogP contribution in [0.4, 0.5) is 14.6 Å². The molecular weight excluding hydrogens is 520 g/mol. The van der Waals surface area contributed by atoms with E-state index in [4.69, 9.17) is 4.52 Å². The largest absolute Gasteiger partial charge is 0.378 e. The number of aromatic nitrogens is 5. The predicted molar refractivity (Wildman–Crippen MR) is 133 cm³/mol. The van der Waals surface area contributed by atoms with Gasteiger partial charge in [-0.3, -0.25) is 4.68 Å². The number of hydrogen-bond acceptors (Lipinski definition) is 9. The molecule has 5 rings (SSSR count). The van der Waals surface area contributed by atoms with Crippen molar-refractivity contribution in [3.05, 3.63) is 66.1 Å². The lowest BCUT2D eigenvalue weighted by atomic mass is 10.1. The maximum absolute atomic E-state index is 14.8. The van der Waals surface area contributed by atoms with E-state index >= 15 is 0 Å². The smallest absolute Gasteiger partial charge is 0.216 e. The zero-order valence-corrected chi connectivity index (χ0v) is 21.1. The lowest BCUT2D eigenvalue weighted by Crippen LogP contribution is -2.46. The molecular formula is C24H25F2N7O4S. The molecule has 1 unspecified atom stereocenters. The molecule has 0 aliphatic carbocycles. The van der Waals surface area contributed by atoms with Crippen molar-refractivity contribution in [3.63, 3.8) is 0 Å². The van der Waals surface area contributed by atoms with Gasteiger partial charge >= 0.3 is 0 Å². The highest BCUT2D eigenvalue weighted by Crippen LogP contribution is 2.28. The molecule has 4 heterocycles. The monoisotopic (exact) mass is 545 g/mol. The van der Waals surface area contributed by atoms with Crippen molar-refractivity contribution in [3.8, 4) is 22.9 Å². The van der Waals surface area contributed by atoms with Gasteiger partial charge in [0.05, 0.1) is 23.7 Å². The molecule has 1 aromatic carbocycles. The molecule has 0 radical (unpaired) electrons. The van der Waals surface area contributed by atoms with Crippen LogP contribution >= 0.6 is 0 Å². The normalized spacial score (nSPS) is 15.6. The van der Waals surface area contributed by atoms with Crippen LogP contribution in [0.1, 0.15) is 25.3 Å². The van der Waals surface area contributed by atoms with E-state index < -0.39 is 27.3 Å². The number of aliphatic hydroxyl groups excluding tert-OH is 1. The molecule has 1 aliphatic heterocycles. The van der Waals surface area contributed by atoms with Crippen molar-refractivity contribution in [2.45, 2.75) is 37.8 Å². The minimum Gasteiger partial charge on any atom is -0.378 e. The number of benzene rings is 1. The number of anilines is 1. The van der Waals surface area contributed by atoms with Crippen LogP contribution in [0.5, 0.6) is 0 Å². The summed E-state index contributed by atoms with van der Waals surface area (Å²) in [5.74, 6) is -0.866. The molecule has 0 saturated carbocycles. The van der Waals surface area contributed by atoms with E-state index in [0.717, 1.165) is 6.20 Å². The SMILES string of the molecule is CC(O)NS(=O)(=O)C1CCN(c2nc(-c3cc(-c4ccon4)n(Cc4ccccc4F)n3)ncc2F)CC1. The predicted octanol–water partition coefficient (Wildman–Crippen LogP) is 2.55. The Labute approximate surface area is 217 Å². The summed E-state index contributed by atoms with van der Waals surface area (Å²) in [6.45, 7) is 1.91. The zero-order chi connectivity index (χ0) is 26.9. The third-order valence-corrected chi connectivity index (χ3v) is 8.25. The van der Waals surface area contributed by atoms with Gasteiger partial charge in [-0.2, -0.15) is 9.82 Å². The Bertz CT molecular complexity index is 1520. The van der Waals surface area contributed by atoms with Crippen molar-refractivity contribution in [2.24, 2.45) is 0 Å². The second-order valence-corrected chi connectivity index (χ2v) is 10.9. The van der Waals surface area contributed by atoms with Crippen molar-refractivity contribution in [1.29, 1.82) is 0 Å². The molecule has 1 fully saturated rings. The quantitative estimate of drug-likeness (QED) is 0.320. The number of piperidine rings is 1. The van der Waals surface area contributed by atoms with Crippen LogP contribution in [-0.2, 0) is 16.6 Å². The maximum Gasteiger partial charge on any atom is 0.216 e. The molecule has 3 aromatic heterocycles. The van der Waals surface area contributed by atoms with Crippen LogP contribution in [0.2, 0.25) is 0 Å². The van der Waals surface area contributed by atoms with Gasteiger partial charge in [-0.25, -0.2) is 27.2 Å². The molecule has 1 atom stereocenters. The minimum atomic E-state index is -3.71. The molecule has 200 valence electrons. The van der Waals surface area contributed by atoms with Crippen LogP contribution in [0, 0.1) is 11.6 Å². The maximum atomic E-state index is 14.8. The summed E-state index contributed by atoms with van der Waals surface area (Å²) in [5, 5.41) is 17.2. The average Bonchev–Trinajstić information content (AvgIpc) is 3.55. The van der Waals surface area contributed by atoms with E-state index in [9.17, 15) is 22.3 Å². The number of halogens is 2. The first kappa shape index (κ1) is 25.9. The summed E-state index contributed by atoms with van der Waals surface area (Å²) in [6.07, 6.45) is 1.71. The fourth-order valence-corrected chi connectivity index (χ4v) is 5.90. The molecule has 0 spiro atoms. The van der Waals surface area contributed by atoms with Crippen LogP contribution in [0.15, 0.2) is 53.4 Å². The Hall–Kier alpha value is -3.75. The fraction of sp³-hybridized carbons (Fsp3) is 0.333. The van der Waals surface area contributed by atoms with Gasteiger partial charge in [-0.05, 0) is 31.9 Å². The number of hydrogen-bond donors (Lipinski definition) is 2. The van der Waals surface area contributed by atoms with E-state index in [2.05, 4.69) is 24.9 Å². The molecule has 0 amide bonds. The van der Waals surface area contributed by atoms with Gasteiger partial charge in [-0.15, -0.1) is 0 Å². The highest BCUT2D eigenvalue weighted by atomic mass is 32.2. The number of aliphatic hydroxyl groups is 1. The summed E-state index contributed by atoms with van der Waals surface area (Å²) in [4.78, 5) is 10.2. The first-order valence-corrected chi connectivity index (χ1v) is 13.4. The Morgan fingerprint density at radius 1 is 1.16 bits per heavy atom. The van der Waals surface area contributed by atoms with Gasteiger partial charge < -0.3 is 14.5 Å². The molecule has 38 heavy (non-hydrogen) atoms. The Morgan fingerprint density at radius 2 is 1.92 bits per heavy atom. The van der Waals surface area contributed by atoms with Crippen LogP contribution in [-0.4, -0.2) is 63.0 Å². The zero-order valence-electron chi connectivity index (χ0n) is 20.3. The number of nitrogens with zero attached hydrogens (tertiary/aromatic N) is 6. The third-order valence-electron chi connectivity index (χ3n) is 6.23. The first-order valence-electron chi connectivity index (χ1n) is 11.9. The molecule has 11 nitrogen and oxygen atoms in total. The molecule has 0 bridgehead atoms. The van der Waals surface area contributed by atoms with Gasteiger partial charge in [-0.1, -0.05) is 23.4 Å². The van der Waals surface area contributed by atoms with Crippen LogP contribution < -0.4 is 9.62 Å². The highest BCUT2D eigenvalue weighted by Gasteiger charge is 2.32. The van der Waals surface area contributed by atoms with Gasteiger partial charge in [0, 0.05) is 24.7 Å². The minimum absolute atomic E-state index is 0.0287. The van der Waals surface area contributed by atoms with Gasteiger partial charge in [0.2, 0.25) is 10.0 Å². The van der Waals surface area contributed by atoms with Gasteiger partial charge in [0.25, 0.3) is 0 Å². The van der Waals surface area contributed by atoms with Crippen molar-refractivity contribution < 1.29 is 26.8 Å². The van der Waals surface area contributed by atoms with Gasteiger partial charge in [0.1, 0.15) is 29.7 Å². The summed E-state index contributed by atoms with van der Waals surface area (Å²) >= 11 is 0.